The molecule has 0 saturated carbocycles. The molecule has 0 saturated heterocycles. The van der Waals surface area contributed by atoms with Crippen molar-refractivity contribution in [2.24, 2.45) is 0 Å². The molecule has 1 aliphatic carbocycles. The fourth-order valence-corrected chi connectivity index (χ4v) is 2.76. The van der Waals surface area contributed by atoms with Crippen LogP contribution < -0.4 is 10.6 Å². The van der Waals surface area contributed by atoms with E-state index < -0.39 is 0 Å². The van der Waals surface area contributed by atoms with Crippen molar-refractivity contribution in [2.45, 2.75) is 58.5 Å². The van der Waals surface area contributed by atoms with Gasteiger partial charge in [0.1, 0.15) is 0 Å². The predicted molar refractivity (Wildman–Crippen MR) is 82.8 cm³/mol. The molecule has 1 aliphatic rings. The summed E-state index contributed by atoms with van der Waals surface area (Å²) in [5.74, 6) is 0.0600. The van der Waals surface area contributed by atoms with E-state index in [-0.39, 0.29) is 18.0 Å². The molecule has 1 atom stereocenters. The van der Waals surface area contributed by atoms with Gasteiger partial charge in [0, 0.05) is 12.1 Å². The van der Waals surface area contributed by atoms with Crippen molar-refractivity contribution in [3.63, 3.8) is 0 Å². The number of carbonyl (C=O) groups excluding carboxylic acids is 1. The van der Waals surface area contributed by atoms with E-state index in [0.717, 1.165) is 0 Å². The van der Waals surface area contributed by atoms with Crippen LogP contribution in [0.5, 0.6) is 0 Å². The minimum Gasteiger partial charge on any atom is -0.353 e. The lowest BCUT2D eigenvalue weighted by molar-refractivity contribution is -0.120. The largest absolute Gasteiger partial charge is 0.353 e. The van der Waals surface area contributed by atoms with Gasteiger partial charge < -0.3 is 10.6 Å². The lowest BCUT2D eigenvalue weighted by atomic mass is 9.89. The smallest absolute Gasteiger partial charge is 0.234 e. The van der Waals surface area contributed by atoms with Gasteiger partial charge in [-0.1, -0.05) is 18.2 Å². The number of hydrogen-bond donors (Lipinski definition) is 2. The van der Waals surface area contributed by atoms with E-state index >= 15 is 0 Å². The molecule has 110 valence electrons. The Labute approximate surface area is 122 Å². The highest BCUT2D eigenvalue weighted by atomic mass is 16.1. The molecule has 2 N–H and O–H groups in total. The first-order chi connectivity index (χ1) is 9.56. The number of fused-ring (bicyclic) bond motifs is 1. The van der Waals surface area contributed by atoms with Crippen molar-refractivity contribution in [1.82, 2.24) is 10.6 Å². The lowest BCUT2D eigenvalue weighted by Crippen LogP contribution is -2.38. The topological polar surface area (TPSA) is 41.1 Å². The minimum absolute atomic E-state index is 0.0600. The van der Waals surface area contributed by atoms with E-state index in [1.54, 1.807) is 0 Å². The van der Waals surface area contributed by atoms with Gasteiger partial charge in [-0.25, -0.2) is 0 Å². The molecule has 2 rings (SSSR count). The highest BCUT2D eigenvalue weighted by molar-refractivity contribution is 5.78. The van der Waals surface area contributed by atoms with Crippen molar-refractivity contribution in [3.8, 4) is 0 Å². The molecule has 0 radical (unpaired) electrons. The van der Waals surface area contributed by atoms with Crippen molar-refractivity contribution < 1.29 is 4.79 Å². The quantitative estimate of drug-likeness (QED) is 0.867. The van der Waals surface area contributed by atoms with Crippen molar-refractivity contribution in [2.75, 3.05) is 6.54 Å². The van der Waals surface area contributed by atoms with Crippen molar-refractivity contribution in [3.05, 3.63) is 34.9 Å². The average molecular weight is 274 g/mol. The van der Waals surface area contributed by atoms with Crippen LogP contribution in [0.1, 0.15) is 56.3 Å². The highest BCUT2D eigenvalue weighted by Crippen LogP contribution is 2.24. The molecule has 3 nitrogen and oxygen atoms in total. The summed E-state index contributed by atoms with van der Waals surface area (Å²) in [6.45, 7) is 6.44. The Bertz CT molecular complexity index is 468. The Morgan fingerprint density at radius 2 is 1.85 bits per heavy atom. The van der Waals surface area contributed by atoms with E-state index in [0.29, 0.717) is 6.54 Å². The Morgan fingerprint density at radius 3 is 2.55 bits per heavy atom. The van der Waals surface area contributed by atoms with Gasteiger partial charge in [-0.15, -0.1) is 0 Å². The van der Waals surface area contributed by atoms with Gasteiger partial charge in [0.05, 0.1) is 6.54 Å². The van der Waals surface area contributed by atoms with Crippen LogP contribution in [0, 0.1) is 0 Å². The fourth-order valence-electron chi connectivity index (χ4n) is 2.76. The maximum Gasteiger partial charge on any atom is 0.234 e. The third kappa shape index (κ3) is 4.07. The first-order valence-electron chi connectivity index (χ1n) is 7.70. The third-order valence-electron chi connectivity index (χ3n) is 3.89. The van der Waals surface area contributed by atoms with E-state index in [1.165, 1.54) is 42.4 Å². The molecule has 3 heteroatoms. The number of benzene rings is 1. The zero-order valence-corrected chi connectivity index (χ0v) is 12.8. The van der Waals surface area contributed by atoms with Crippen LogP contribution in [0.4, 0.5) is 0 Å². The molecule has 0 aliphatic heterocycles. The number of aryl methyl sites for hydroxylation is 2. The molecule has 1 amide bonds. The molecule has 20 heavy (non-hydrogen) atoms. The van der Waals surface area contributed by atoms with Gasteiger partial charge in [0.2, 0.25) is 5.91 Å². The van der Waals surface area contributed by atoms with Gasteiger partial charge in [0.15, 0.2) is 0 Å². The van der Waals surface area contributed by atoms with Gasteiger partial charge >= 0.3 is 0 Å². The second-order valence-corrected chi connectivity index (χ2v) is 6.06. The molecule has 1 aromatic rings. The third-order valence-corrected chi connectivity index (χ3v) is 3.89. The molecule has 0 bridgehead atoms. The standard InChI is InChI=1S/C17H26N2O/c1-12(2)19-17(20)11-18-13(3)15-9-8-14-6-4-5-7-16(14)10-15/h8-10,12-13,18H,4-7,11H2,1-3H3,(H,19,20). The summed E-state index contributed by atoms with van der Waals surface area (Å²) in [5, 5.41) is 6.20. The summed E-state index contributed by atoms with van der Waals surface area (Å²) in [6.07, 6.45) is 5.03. The molecular formula is C17H26N2O. The molecule has 0 aromatic heterocycles. The van der Waals surface area contributed by atoms with Crippen LogP contribution >= 0.6 is 0 Å². The minimum atomic E-state index is 0.0600. The van der Waals surface area contributed by atoms with Gasteiger partial charge in [-0.2, -0.15) is 0 Å². The Morgan fingerprint density at radius 1 is 1.15 bits per heavy atom. The summed E-state index contributed by atoms with van der Waals surface area (Å²) in [5.41, 5.74) is 4.28. The second kappa shape index (κ2) is 6.89. The molecular weight excluding hydrogens is 248 g/mol. The molecule has 0 fully saturated rings. The predicted octanol–water partition coefficient (Wildman–Crippen LogP) is 2.74. The van der Waals surface area contributed by atoms with Crippen LogP contribution in [0.15, 0.2) is 18.2 Å². The Balaban J connectivity index is 1.92. The lowest BCUT2D eigenvalue weighted by Gasteiger charge is -2.20. The van der Waals surface area contributed by atoms with Crippen LogP contribution in [0.2, 0.25) is 0 Å². The summed E-state index contributed by atoms with van der Waals surface area (Å²) >= 11 is 0. The summed E-state index contributed by atoms with van der Waals surface area (Å²) in [6, 6.07) is 7.17. The average Bonchev–Trinajstić information content (AvgIpc) is 2.43. The van der Waals surface area contributed by atoms with Crippen molar-refractivity contribution >= 4 is 5.91 Å². The van der Waals surface area contributed by atoms with E-state index in [4.69, 9.17) is 0 Å². The number of carbonyl (C=O) groups is 1. The van der Waals surface area contributed by atoms with Crippen LogP contribution in [0.25, 0.3) is 0 Å². The summed E-state index contributed by atoms with van der Waals surface area (Å²) in [7, 11) is 0. The Hall–Kier alpha value is -1.35. The van der Waals surface area contributed by atoms with Crippen molar-refractivity contribution in [1.29, 1.82) is 0 Å². The van der Waals surface area contributed by atoms with Gasteiger partial charge in [0.25, 0.3) is 0 Å². The number of amides is 1. The molecule has 1 unspecified atom stereocenters. The maximum atomic E-state index is 11.6. The molecule has 0 spiro atoms. The van der Waals surface area contributed by atoms with Crippen LogP contribution in [-0.2, 0) is 17.6 Å². The molecule has 0 heterocycles. The van der Waals surface area contributed by atoms with Crippen LogP contribution in [0.3, 0.4) is 0 Å². The number of rotatable bonds is 5. The normalized spacial score (nSPS) is 15.8. The van der Waals surface area contributed by atoms with E-state index in [9.17, 15) is 4.79 Å². The summed E-state index contributed by atoms with van der Waals surface area (Å²) < 4.78 is 0. The number of hydrogen-bond acceptors (Lipinski definition) is 2. The SMILES string of the molecule is CC(C)NC(=O)CNC(C)c1ccc2c(c1)CCCC2. The monoisotopic (exact) mass is 274 g/mol. The molecule has 1 aromatic carbocycles. The van der Waals surface area contributed by atoms with E-state index in [2.05, 4.69) is 35.8 Å². The van der Waals surface area contributed by atoms with Gasteiger partial charge in [-0.05, 0) is 63.1 Å². The van der Waals surface area contributed by atoms with Crippen LogP contribution in [-0.4, -0.2) is 18.5 Å². The highest BCUT2D eigenvalue weighted by Gasteiger charge is 2.13. The zero-order chi connectivity index (χ0) is 14.5. The van der Waals surface area contributed by atoms with E-state index in [1.807, 2.05) is 13.8 Å². The zero-order valence-electron chi connectivity index (χ0n) is 12.8. The first kappa shape index (κ1) is 15.0. The first-order valence-corrected chi connectivity index (χ1v) is 7.70. The summed E-state index contributed by atoms with van der Waals surface area (Å²) in [4.78, 5) is 11.6. The van der Waals surface area contributed by atoms with Gasteiger partial charge in [-0.3, -0.25) is 4.79 Å². The fraction of sp³-hybridized carbons (Fsp3) is 0.588. The Kier molecular flexibility index (Phi) is 5.18. The second-order valence-electron chi connectivity index (χ2n) is 6.06. The number of nitrogens with one attached hydrogen (secondary N) is 2. The maximum absolute atomic E-state index is 11.6.